The summed E-state index contributed by atoms with van der Waals surface area (Å²) < 4.78 is 5.72. The molecule has 1 fully saturated rings. The van der Waals surface area contributed by atoms with Crippen LogP contribution < -0.4 is 0 Å². The minimum Gasteiger partial charge on any atom is -0.411 e. The van der Waals surface area contributed by atoms with E-state index in [0.717, 1.165) is 70.7 Å². The molecule has 128 valence electrons. The van der Waals surface area contributed by atoms with Gasteiger partial charge >= 0.3 is 0 Å². The highest BCUT2D eigenvalue weighted by Gasteiger charge is 2.14. The lowest BCUT2D eigenvalue weighted by molar-refractivity contribution is 0.123. The molecule has 0 aromatic heterocycles. The molecule has 1 aromatic carbocycles. The second-order valence-corrected chi connectivity index (χ2v) is 6.27. The molecule has 0 bridgehead atoms. The van der Waals surface area contributed by atoms with Gasteiger partial charge in [-0.2, -0.15) is 0 Å². The molecule has 0 radical (unpaired) electrons. The molecule has 1 aliphatic rings. The van der Waals surface area contributed by atoms with Crippen molar-refractivity contribution in [2.45, 2.75) is 44.9 Å². The molecule has 0 spiro atoms. The van der Waals surface area contributed by atoms with E-state index in [-0.39, 0.29) is 0 Å². The molecule has 1 N–H and O–H groups in total. The quantitative estimate of drug-likeness (QED) is 0.406. The molecule has 0 unspecified atom stereocenters. The molecule has 0 atom stereocenters. The number of likely N-dealkylation sites (tertiary alicyclic amines) is 1. The van der Waals surface area contributed by atoms with Gasteiger partial charge in [0.1, 0.15) is 0 Å². The number of nitrogens with zero attached hydrogens (tertiary/aromatic N) is 2. The number of piperidine rings is 1. The lowest BCUT2D eigenvalue weighted by atomic mass is 10.1. The van der Waals surface area contributed by atoms with Crippen LogP contribution in [-0.4, -0.2) is 48.7 Å². The van der Waals surface area contributed by atoms with Crippen LogP contribution in [0, 0.1) is 0 Å². The topological polar surface area (TPSA) is 45.1 Å². The number of benzene rings is 1. The van der Waals surface area contributed by atoms with E-state index >= 15 is 0 Å². The minimum atomic E-state index is 0.878. The second kappa shape index (κ2) is 11.2. The summed E-state index contributed by atoms with van der Waals surface area (Å²) >= 11 is 0. The molecule has 4 heteroatoms. The Labute approximate surface area is 140 Å². The lowest BCUT2D eigenvalue weighted by Crippen LogP contribution is -2.34. The summed E-state index contributed by atoms with van der Waals surface area (Å²) in [6.07, 6.45) is 7.64. The maximum absolute atomic E-state index is 8.73. The molecular formula is C19H30N2O2. The van der Waals surface area contributed by atoms with Gasteiger partial charge in [0.2, 0.25) is 0 Å². The normalized spacial score (nSPS) is 15.7. The molecule has 0 saturated carbocycles. The monoisotopic (exact) mass is 318 g/mol. The Morgan fingerprint density at radius 1 is 0.957 bits per heavy atom. The molecule has 0 aliphatic carbocycles. The Hall–Kier alpha value is -1.39. The predicted molar refractivity (Wildman–Crippen MR) is 94.3 cm³/mol. The summed E-state index contributed by atoms with van der Waals surface area (Å²) in [7, 11) is 0. The molecule has 1 heterocycles. The Balaban J connectivity index is 1.37. The van der Waals surface area contributed by atoms with E-state index in [9.17, 15) is 0 Å². The zero-order valence-corrected chi connectivity index (χ0v) is 14.1. The molecule has 23 heavy (non-hydrogen) atoms. The van der Waals surface area contributed by atoms with Crippen LogP contribution in [0.2, 0.25) is 0 Å². The van der Waals surface area contributed by atoms with E-state index in [1.807, 2.05) is 0 Å². The van der Waals surface area contributed by atoms with Gasteiger partial charge in [-0.15, -0.1) is 0 Å². The van der Waals surface area contributed by atoms with Crippen LogP contribution in [0.25, 0.3) is 0 Å². The summed E-state index contributed by atoms with van der Waals surface area (Å²) in [6, 6.07) is 10.7. The van der Waals surface area contributed by atoms with E-state index in [2.05, 4.69) is 40.4 Å². The summed E-state index contributed by atoms with van der Waals surface area (Å²) in [6.45, 7) is 4.95. The second-order valence-electron chi connectivity index (χ2n) is 6.27. The third-order valence-electron chi connectivity index (χ3n) is 4.43. The number of unbranched alkanes of at least 4 members (excludes halogenated alkanes) is 2. The first-order chi connectivity index (χ1) is 11.4. The fourth-order valence-corrected chi connectivity index (χ4v) is 2.95. The van der Waals surface area contributed by atoms with Gasteiger partial charge in [0, 0.05) is 39.1 Å². The standard InChI is InChI=1S/C19H30N2O2/c22-20-19-11-14-21(15-12-19)13-5-7-17-23-16-6-4-10-18-8-2-1-3-9-18/h1-3,8-9,22H,4-7,10-17H2. The summed E-state index contributed by atoms with van der Waals surface area (Å²) in [5.41, 5.74) is 2.36. The smallest absolute Gasteiger partial charge is 0.0596 e. The van der Waals surface area contributed by atoms with Crippen molar-refractivity contribution in [3.8, 4) is 0 Å². The molecule has 4 nitrogen and oxygen atoms in total. The Morgan fingerprint density at radius 3 is 2.35 bits per heavy atom. The first kappa shape index (κ1) is 18.0. The average Bonchev–Trinajstić information content (AvgIpc) is 2.61. The molecule has 2 rings (SSSR count). The number of hydrogen-bond donors (Lipinski definition) is 1. The van der Waals surface area contributed by atoms with E-state index < -0.39 is 0 Å². The van der Waals surface area contributed by atoms with Gasteiger partial charge in [0.15, 0.2) is 0 Å². The van der Waals surface area contributed by atoms with Crippen LogP contribution in [0.1, 0.15) is 44.1 Å². The van der Waals surface area contributed by atoms with Crippen molar-refractivity contribution in [1.82, 2.24) is 4.90 Å². The van der Waals surface area contributed by atoms with Crippen LogP contribution in [0.15, 0.2) is 35.5 Å². The highest BCUT2D eigenvalue weighted by Crippen LogP contribution is 2.08. The number of oxime groups is 1. The van der Waals surface area contributed by atoms with Crippen molar-refractivity contribution in [3.63, 3.8) is 0 Å². The predicted octanol–water partition coefficient (Wildman–Crippen LogP) is 3.73. The van der Waals surface area contributed by atoms with E-state index in [4.69, 9.17) is 9.94 Å². The van der Waals surface area contributed by atoms with Crippen molar-refractivity contribution < 1.29 is 9.94 Å². The lowest BCUT2D eigenvalue weighted by Gasteiger charge is -2.26. The summed E-state index contributed by atoms with van der Waals surface area (Å²) in [4.78, 5) is 2.45. The van der Waals surface area contributed by atoms with Gasteiger partial charge in [-0.25, -0.2) is 0 Å². The van der Waals surface area contributed by atoms with E-state index in [1.165, 1.54) is 18.4 Å². The van der Waals surface area contributed by atoms with Crippen LogP contribution in [0.4, 0.5) is 0 Å². The van der Waals surface area contributed by atoms with Gasteiger partial charge in [-0.3, -0.25) is 0 Å². The maximum atomic E-state index is 8.73. The first-order valence-corrected chi connectivity index (χ1v) is 8.92. The summed E-state index contributed by atoms with van der Waals surface area (Å²) in [5, 5.41) is 12.0. The van der Waals surface area contributed by atoms with Crippen molar-refractivity contribution >= 4 is 5.71 Å². The Morgan fingerprint density at radius 2 is 1.65 bits per heavy atom. The zero-order valence-electron chi connectivity index (χ0n) is 14.1. The third kappa shape index (κ3) is 7.62. The third-order valence-corrected chi connectivity index (χ3v) is 4.43. The molecule has 1 aromatic rings. The number of rotatable bonds is 10. The van der Waals surface area contributed by atoms with Crippen molar-refractivity contribution in [2.24, 2.45) is 5.16 Å². The maximum Gasteiger partial charge on any atom is 0.0596 e. The molecular weight excluding hydrogens is 288 g/mol. The van der Waals surface area contributed by atoms with E-state index in [0.29, 0.717) is 0 Å². The SMILES string of the molecule is ON=C1CCN(CCCCOCCCCc2ccccc2)CC1. The van der Waals surface area contributed by atoms with Gasteiger partial charge in [0.05, 0.1) is 5.71 Å². The molecule has 0 amide bonds. The largest absolute Gasteiger partial charge is 0.411 e. The fraction of sp³-hybridized carbons (Fsp3) is 0.632. The van der Waals surface area contributed by atoms with Crippen LogP contribution >= 0.6 is 0 Å². The number of aryl methyl sites for hydroxylation is 1. The zero-order chi connectivity index (χ0) is 16.2. The molecule has 1 saturated heterocycles. The van der Waals surface area contributed by atoms with Crippen LogP contribution in [0.3, 0.4) is 0 Å². The highest BCUT2D eigenvalue weighted by molar-refractivity contribution is 5.84. The van der Waals surface area contributed by atoms with Crippen molar-refractivity contribution in [2.75, 3.05) is 32.8 Å². The van der Waals surface area contributed by atoms with Gasteiger partial charge in [-0.05, 0) is 44.2 Å². The first-order valence-electron chi connectivity index (χ1n) is 8.92. The fourth-order valence-electron chi connectivity index (χ4n) is 2.95. The van der Waals surface area contributed by atoms with Crippen molar-refractivity contribution in [3.05, 3.63) is 35.9 Å². The van der Waals surface area contributed by atoms with Crippen LogP contribution in [0.5, 0.6) is 0 Å². The highest BCUT2D eigenvalue weighted by atomic mass is 16.5. The van der Waals surface area contributed by atoms with Gasteiger partial charge in [0.25, 0.3) is 0 Å². The van der Waals surface area contributed by atoms with E-state index in [1.54, 1.807) is 0 Å². The Kier molecular flexibility index (Phi) is 8.74. The number of ether oxygens (including phenoxy) is 1. The Bertz CT molecular complexity index is 438. The van der Waals surface area contributed by atoms with Crippen molar-refractivity contribution in [1.29, 1.82) is 0 Å². The summed E-state index contributed by atoms with van der Waals surface area (Å²) in [5.74, 6) is 0. The number of hydrogen-bond acceptors (Lipinski definition) is 4. The van der Waals surface area contributed by atoms with Crippen LogP contribution in [-0.2, 0) is 11.2 Å². The van der Waals surface area contributed by atoms with Gasteiger partial charge in [-0.1, -0.05) is 35.5 Å². The average molecular weight is 318 g/mol. The van der Waals surface area contributed by atoms with Gasteiger partial charge < -0.3 is 14.8 Å². The molecule has 1 aliphatic heterocycles. The minimum absolute atomic E-state index is 0.878.